The number of hydrogen-bond donors (Lipinski definition) is 2. The number of hydrogen-bond acceptors (Lipinski definition) is 3. The molecule has 1 saturated heterocycles. The molecule has 1 aliphatic rings. The van der Waals surface area contributed by atoms with E-state index in [4.69, 9.17) is 4.74 Å². The van der Waals surface area contributed by atoms with Gasteiger partial charge in [0.05, 0.1) is 17.2 Å². The molecule has 2 rings (SSSR count). The van der Waals surface area contributed by atoms with Gasteiger partial charge >= 0.3 is 0 Å². The Morgan fingerprint density at radius 3 is 3.07 bits per heavy atom. The Hall–Kier alpha value is -0.580. The van der Waals surface area contributed by atoms with Crippen molar-refractivity contribution in [2.24, 2.45) is 0 Å². The molecule has 0 saturated carbocycles. The molecule has 0 bridgehead atoms. The second-order valence-electron chi connectivity index (χ2n) is 3.69. The van der Waals surface area contributed by atoms with Crippen molar-refractivity contribution in [2.45, 2.75) is 12.5 Å². The average molecular weight is 272 g/mol. The molecule has 0 radical (unpaired) electrons. The molecular formula is C11H14BrNO2. The number of halogens is 1. The van der Waals surface area contributed by atoms with E-state index in [1.807, 2.05) is 12.1 Å². The van der Waals surface area contributed by atoms with Crippen molar-refractivity contribution < 1.29 is 9.84 Å². The average Bonchev–Trinajstić information content (AvgIpc) is 2.25. The first-order valence-corrected chi connectivity index (χ1v) is 5.85. The molecule has 1 fully saturated rings. The van der Waals surface area contributed by atoms with E-state index in [1.165, 1.54) is 5.56 Å². The van der Waals surface area contributed by atoms with Crippen molar-refractivity contribution in [3.8, 4) is 5.75 Å². The fraction of sp³-hybridized carbons (Fsp3) is 0.455. The van der Waals surface area contributed by atoms with Crippen molar-refractivity contribution in [3.05, 3.63) is 28.2 Å². The van der Waals surface area contributed by atoms with Crippen molar-refractivity contribution in [1.29, 1.82) is 0 Å². The number of phenols is 1. The van der Waals surface area contributed by atoms with Gasteiger partial charge < -0.3 is 15.2 Å². The van der Waals surface area contributed by atoms with Crippen LogP contribution in [-0.2, 0) is 11.2 Å². The van der Waals surface area contributed by atoms with Gasteiger partial charge in [0.2, 0.25) is 0 Å². The summed E-state index contributed by atoms with van der Waals surface area (Å²) in [4.78, 5) is 0. The van der Waals surface area contributed by atoms with E-state index < -0.39 is 0 Å². The summed E-state index contributed by atoms with van der Waals surface area (Å²) >= 11 is 3.30. The smallest absolute Gasteiger partial charge is 0.129 e. The first-order chi connectivity index (χ1) is 7.25. The van der Waals surface area contributed by atoms with Crippen LogP contribution in [0.15, 0.2) is 22.7 Å². The Morgan fingerprint density at radius 2 is 2.40 bits per heavy atom. The molecule has 0 aliphatic carbocycles. The van der Waals surface area contributed by atoms with Gasteiger partial charge in [-0.3, -0.25) is 0 Å². The number of aromatic hydroxyl groups is 1. The summed E-state index contributed by atoms with van der Waals surface area (Å²) in [7, 11) is 0. The molecule has 0 amide bonds. The summed E-state index contributed by atoms with van der Waals surface area (Å²) in [5.41, 5.74) is 1.17. The number of nitrogens with one attached hydrogen (secondary N) is 1. The maximum Gasteiger partial charge on any atom is 0.129 e. The number of morpholine rings is 1. The summed E-state index contributed by atoms with van der Waals surface area (Å²) in [5, 5.41) is 12.7. The molecule has 15 heavy (non-hydrogen) atoms. The minimum Gasteiger partial charge on any atom is -0.507 e. The first kappa shape index (κ1) is 10.9. The van der Waals surface area contributed by atoms with Gasteiger partial charge in [0.25, 0.3) is 0 Å². The van der Waals surface area contributed by atoms with Crippen LogP contribution in [0.1, 0.15) is 5.56 Å². The third-order valence-electron chi connectivity index (χ3n) is 2.48. The van der Waals surface area contributed by atoms with Gasteiger partial charge in [0.1, 0.15) is 5.75 Å². The molecule has 1 aromatic carbocycles. The van der Waals surface area contributed by atoms with Crippen LogP contribution >= 0.6 is 15.9 Å². The lowest BCUT2D eigenvalue weighted by Crippen LogP contribution is -2.39. The number of phenolic OH excluding ortho intramolecular Hbond substituents is 1. The van der Waals surface area contributed by atoms with Crippen LogP contribution in [0.5, 0.6) is 5.75 Å². The van der Waals surface area contributed by atoms with Crippen molar-refractivity contribution in [2.75, 3.05) is 19.7 Å². The van der Waals surface area contributed by atoms with Gasteiger partial charge in [-0.25, -0.2) is 0 Å². The second-order valence-corrected chi connectivity index (χ2v) is 4.54. The quantitative estimate of drug-likeness (QED) is 0.860. The van der Waals surface area contributed by atoms with E-state index in [0.717, 1.165) is 30.6 Å². The summed E-state index contributed by atoms with van der Waals surface area (Å²) in [6, 6.07) is 5.57. The highest BCUT2D eigenvalue weighted by molar-refractivity contribution is 9.10. The van der Waals surface area contributed by atoms with Crippen LogP contribution in [0.4, 0.5) is 0 Å². The first-order valence-electron chi connectivity index (χ1n) is 5.05. The molecule has 2 N–H and O–H groups in total. The maximum atomic E-state index is 9.36. The van der Waals surface area contributed by atoms with E-state index in [2.05, 4.69) is 21.2 Å². The zero-order valence-corrected chi connectivity index (χ0v) is 9.96. The summed E-state index contributed by atoms with van der Waals surface area (Å²) < 4.78 is 6.35. The Morgan fingerprint density at radius 1 is 1.53 bits per heavy atom. The molecule has 0 aromatic heterocycles. The van der Waals surface area contributed by atoms with Crippen molar-refractivity contribution >= 4 is 15.9 Å². The predicted octanol–water partition coefficient (Wildman–Crippen LogP) is 1.69. The van der Waals surface area contributed by atoms with E-state index >= 15 is 0 Å². The number of benzene rings is 1. The number of rotatable bonds is 2. The summed E-state index contributed by atoms with van der Waals surface area (Å²) in [6.07, 6.45) is 1.13. The molecule has 4 heteroatoms. The molecule has 1 aliphatic heterocycles. The van der Waals surface area contributed by atoms with Gasteiger partial charge in [0.15, 0.2) is 0 Å². The van der Waals surface area contributed by atoms with E-state index in [-0.39, 0.29) is 11.9 Å². The van der Waals surface area contributed by atoms with Crippen molar-refractivity contribution in [1.82, 2.24) is 5.32 Å². The zero-order chi connectivity index (χ0) is 10.7. The largest absolute Gasteiger partial charge is 0.507 e. The molecule has 1 heterocycles. The van der Waals surface area contributed by atoms with Crippen LogP contribution in [0.2, 0.25) is 0 Å². The lowest BCUT2D eigenvalue weighted by molar-refractivity contribution is 0.0292. The van der Waals surface area contributed by atoms with Crippen LogP contribution in [0, 0.1) is 0 Å². The molecule has 1 unspecified atom stereocenters. The Bertz CT molecular complexity index is 337. The van der Waals surface area contributed by atoms with Crippen LogP contribution in [0.3, 0.4) is 0 Å². The van der Waals surface area contributed by atoms with Gasteiger partial charge in [-0.2, -0.15) is 0 Å². The molecule has 1 atom stereocenters. The Balaban J connectivity index is 2.00. The number of ether oxygens (including phenoxy) is 1. The molecular weight excluding hydrogens is 258 g/mol. The molecule has 82 valence electrons. The van der Waals surface area contributed by atoms with Crippen LogP contribution in [0.25, 0.3) is 0 Å². The second kappa shape index (κ2) is 4.96. The van der Waals surface area contributed by atoms with Gasteiger partial charge in [-0.15, -0.1) is 0 Å². The van der Waals surface area contributed by atoms with Gasteiger partial charge in [-0.05, 0) is 40.0 Å². The monoisotopic (exact) mass is 271 g/mol. The minimum atomic E-state index is 0.246. The lowest BCUT2D eigenvalue weighted by Gasteiger charge is -2.23. The fourth-order valence-electron chi connectivity index (χ4n) is 1.69. The van der Waals surface area contributed by atoms with Gasteiger partial charge in [-0.1, -0.05) is 6.07 Å². The third-order valence-corrected chi connectivity index (χ3v) is 3.12. The highest BCUT2D eigenvalue weighted by Crippen LogP contribution is 2.25. The van der Waals surface area contributed by atoms with Gasteiger partial charge in [0, 0.05) is 13.1 Å². The standard InChI is InChI=1S/C11H14BrNO2/c12-10-6-8(1-2-11(10)14)5-9-7-13-3-4-15-9/h1-2,6,9,13-14H,3-5,7H2. The lowest BCUT2D eigenvalue weighted by atomic mass is 10.1. The predicted molar refractivity (Wildman–Crippen MR) is 62.1 cm³/mol. The highest BCUT2D eigenvalue weighted by Gasteiger charge is 2.14. The summed E-state index contributed by atoms with van der Waals surface area (Å²) in [5.74, 6) is 0.279. The normalized spacial score (nSPS) is 21.5. The summed E-state index contributed by atoms with van der Waals surface area (Å²) in [6.45, 7) is 2.62. The van der Waals surface area contributed by atoms with Crippen LogP contribution in [-0.4, -0.2) is 30.9 Å². The Labute approximate surface area is 97.6 Å². The maximum absolute atomic E-state index is 9.36. The highest BCUT2D eigenvalue weighted by atomic mass is 79.9. The fourth-order valence-corrected chi connectivity index (χ4v) is 2.12. The topological polar surface area (TPSA) is 41.5 Å². The Kier molecular flexibility index (Phi) is 3.61. The van der Waals surface area contributed by atoms with E-state index in [9.17, 15) is 5.11 Å². The molecule has 0 spiro atoms. The van der Waals surface area contributed by atoms with Crippen molar-refractivity contribution in [3.63, 3.8) is 0 Å². The van der Waals surface area contributed by atoms with E-state index in [0.29, 0.717) is 0 Å². The molecule has 3 nitrogen and oxygen atoms in total. The van der Waals surface area contributed by atoms with E-state index in [1.54, 1.807) is 6.07 Å². The molecule has 1 aromatic rings. The van der Waals surface area contributed by atoms with Crippen LogP contribution < -0.4 is 5.32 Å². The minimum absolute atomic E-state index is 0.246. The SMILES string of the molecule is Oc1ccc(CC2CNCCO2)cc1Br. The third kappa shape index (κ3) is 2.93. The zero-order valence-electron chi connectivity index (χ0n) is 8.37.